The molecule has 0 radical (unpaired) electrons. The van der Waals surface area contributed by atoms with E-state index >= 15 is 0 Å². The first kappa shape index (κ1) is 16.7. The summed E-state index contributed by atoms with van der Waals surface area (Å²) < 4.78 is 35.9. The number of hydrogen-bond donors (Lipinski definition) is 0. The van der Waals surface area contributed by atoms with Crippen molar-refractivity contribution >= 4 is 37.0 Å². The smallest absolute Gasteiger partial charge is 0.339 e. The third-order valence-electron chi connectivity index (χ3n) is 3.55. The summed E-state index contributed by atoms with van der Waals surface area (Å²) in [6.45, 7) is 3.57. The zero-order valence-electron chi connectivity index (χ0n) is 12.9. The van der Waals surface area contributed by atoms with E-state index in [4.69, 9.17) is 8.60 Å². The van der Waals surface area contributed by atoms with Crippen LogP contribution in [0.4, 0.5) is 0 Å². The molecule has 0 N–H and O–H groups in total. The summed E-state index contributed by atoms with van der Waals surface area (Å²) in [5, 5.41) is 0.721. The van der Waals surface area contributed by atoms with E-state index in [0.717, 1.165) is 21.0 Å². The van der Waals surface area contributed by atoms with Gasteiger partial charge in [0.1, 0.15) is 16.2 Å². The van der Waals surface area contributed by atoms with Gasteiger partial charge in [-0.1, -0.05) is 15.9 Å². The Morgan fingerprint density at radius 3 is 2.46 bits per heavy atom. The predicted octanol–water partition coefficient (Wildman–Crippen LogP) is 3.94. The molecule has 0 amide bonds. The monoisotopic (exact) mass is 408 g/mol. The fourth-order valence-electron chi connectivity index (χ4n) is 2.30. The Hall–Kier alpha value is -2.12. The minimum Gasteiger partial charge on any atom is -0.423 e. The van der Waals surface area contributed by atoms with Crippen molar-refractivity contribution in [3.63, 3.8) is 0 Å². The van der Waals surface area contributed by atoms with Gasteiger partial charge in [0.15, 0.2) is 0 Å². The van der Waals surface area contributed by atoms with E-state index in [1.165, 1.54) is 30.3 Å². The van der Waals surface area contributed by atoms with Crippen molar-refractivity contribution in [2.75, 3.05) is 0 Å². The SMILES string of the molecule is Cc1cc(S(=O)(=O)Oc2ccc3c(C)cc(=O)oc3c2)ccc1Br. The van der Waals surface area contributed by atoms with Crippen LogP contribution in [-0.2, 0) is 10.1 Å². The van der Waals surface area contributed by atoms with Gasteiger partial charge in [0.25, 0.3) is 0 Å². The molecular formula is C17H13BrO5S. The Morgan fingerprint density at radius 1 is 1.00 bits per heavy atom. The quantitative estimate of drug-likeness (QED) is 0.484. The van der Waals surface area contributed by atoms with Gasteiger partial charge in [0.05, 0.1) is 0 Å². The summed E-state index contributed by atoms with van der Waals surface area (Å²) in [6.07, 6.45) is 0. The fraction of sp³-hybridized carbons (Fsp3) is 0.118. The highest BCUT2D eigenvalue weighted by Gasteiger charge is 2.18. The molecule has 0 atom stereocenters. The van der Waals surface area contributed by atoms with Crippen LogP contribution in [0.5, 0.6) is 5.75 Å². The summed E-state index contributed by atoms with van der Waals surface area (Å²) in [5.74, 6) is 0.0804. The largest absolute Gasteiger partial charge is 0.423 e. The van der Waals surface area contributed by atoms with E-state index in [9.17, 15) is 13.2 Å². The van der Waals surface area contributed by atoms with Crippen molar-refractivity contribution in [2.45, 2.75) is 18.7 Å². The first-order valence-electron chi connectivity index (χ1n) is 7.01. The number of rotatable bonds is 3. The summed E-state index contributed by atoms with van der Waals surface area (Å²) in [6, 6.07) is 10.6. The zero-order chi connectivity index (χ0) is 17.5. The molecule has 7 heteroatoms. The minimum absolute atomic E-state index is 0.0500. The van der Waals surface area contributed by atoms with E-state index in [1.807, 2.05) is 0 Å². The lowest BCUT2D eigenvalue weighted by molar-refractivity contribution is 0.485. The molecule has 0 unspecified atom stereocenters. The normalized spacial score (nSPS) is 11.6. The Morgan fingerprint density at radius 2 is 1.75 bits per heavy atom. The average molecular weight is 409 g/mol. The second kappa shape index (κ2) is 6.07. The van der Waals surface area contributed by atoms with Gasteiger partial charge < -0.3 is 8.60 Å². The van der Waals surface area contributed by atoms with Crippen LogP contribution in [-0.4, -0.2) is 8.42 Å². The van der Waals surface area contributed by atoms with Crippen LogP contribution in [0.1, 0.15) is 11.1 Å². The fourth-order valence-corrected chi connectivity index (χ4v) is 3.56. The van der Waals surface area contributed by atoms with Crippen molar-refractivity contribution in [2.24, 2.45) is 0 Å². The zero-order valence-corrected chi connectivity index (χ0v) is 15.3. The molecule has 0 aliphatic carbocycles. The maximum atomic E-state index is 12.4. The molecule has 0 bridgehead atoms. The first-order valence-corrected chi connectivity index (χ1v) is 9.21. The molecule has 0 aliphatic heterocycles. The van der Waals surface area contributed by atoms with Gasteiger partial charge in [0, 0.05) is 22.0 Å². The molecular weight excluding hydrogens is 396 g/mol. The Balaban J connectivity index is 2.02. The van der Waals surface area contributed by atoms with Crippen LogP contribution in [0.3, 0.4) is 0 Å². The summed E-state index contributed by atoms with van der Waals surface area (Å²) >= 11 is 3.33. The number of benzene rings is 2. The second-order valence-corrected chi connectivity index (χ2v) is 7.76. The molecule has 0 saturated carbocycles. The molecule has 3 rings (SSSR count). The van der Waals surface area contributed by atoms with E-state index in [2.05, 4.69) is 15.9 Å². The van der Waals surface area contributed by atoms with Crippen LogP contribution in [0.25, 0.3) is 11.0 Å². The third kappa shape index (κ3) is 3.22. The molecule has 0 saturated heterocycles. The molecule has 2 aromatic carbocycles. The summed E-state index contributed by atoms with van der Waals surface area (Å²) in [4.78, 5) is 11.5. The molecule has 124 valence electrons. The van der Waals surface area contributed by atoms with Crippen LogP contribution in [0.15, 0.2) is 61.0 Å². The Kier molecular flexibility index (Phi) is 4.23. The molecule has 0 fully saturated rings. The van der Waals surface area contributed by atoms with E-state index in [1.54, 1.807) is 26.0 Å². The summed E-state index contributed by atoms with van der Waals surface area (Å²) in [7, 11) is -3.98. The maximum absolute atomic E-state index is 12.4. The minimum atomic E-state index is -3.98. The van der Waals surface area contributed by atoms with Crippen LogP contribution >= 0.6 is 15.9 Å². The van der Waals surface area contributed by atoms with Crippen molar-refractivity contribution in [1.29, 1.82) is 0 Å². The van der Waals surface area contributed by atoms with E-state index in [-0.39, 0.29) is 16.2 Å². The van der Waals surface area contributed by atoms with Crippen molar-refractivity contribution in [1.82, 2.24) is 0 Å². The third-order valence-corrected chi connectivity index (χ3v) is 5.68. The van der Waals surface area contributed by atoms with Gasteiger partial charge in [-0.15, -0.1) is 0 Å². The second-order valence-electron chi connectivity index (χ2n) is 5.35. The van der Waals surface area contributed by atoms with Gasteiger partial charge in [-0.25, -0.2) is 4.79 Å². The average Bonchev–Trinajstić information content (AvgIpc) is 2.49. The van der Waals surface area contributed by atoms with Crippen molar-refractivity contribution < 1.29 is 17.0 Å². The molecule has 0 aliphatic rings. The summed E-state index contributed by atoms with van der Waals surface area (Å²) in [5.41, 5.74) is 1.31. The van der Waals surface area contributed by atoms with Gasteiger partial charge in [-0.2, -0.15) is 8.42 Å². The van der Waals surface area contributed by atoms with Crippen LogP contribution in [0.2, 0.25) is 0 Å². The molecule has 24 heavy (non-hydrogen) atoms. The lowest BCUT2D eigenvalue weighted by atomic mass is 10.1. The lowest BCUT2D eigenvalue weighted by Crippen LogP contribution is -2.10. The molecule has 5 nitrogen and oxygen atoms in total. The first-order chi connectivity index (χ1) is 11.3. The topological polar surface area (TPSA) is 73.6 Å². The van der Waals surface area contributed by atoms with E-state index < -0.39 is 15.7 Å². The highest BCUT2D eigenvalue weighted by Crippen LogP contribution is 2.26. The Labute approximate surface area is 147 Å². The molecule has 0 spiro atoms. The molecule has 1 heterocycles. The van der Waals surface area contributed by atoms with Gasteiger partial charge in [0.2, 0.25) is 0 Å². The van der Waals surface area contributed by atoms with Gasteiger partial charge in [-0.3, -0.25) is 0 Å². The van der Waals surface area contributed by atoms with Crippen LogP contribution in [0, 0.1) is 13.8 Å². The highest BCUT2D eigenvalue weighted by atomic mass is 79.9. The lowest BCUT2D eigenvalue weighted by Gasteiger charge is -2.09. The van der Waals surface area contributed by atoms with Gasteiger partial charge in [-0.05, 0) is 55.3 Å². The number of fused-ring (bicyclic) bond motifs is 1. The Bertz CT molecular complexity index is 1100. The maximum Gasteiger partial charge on any atom is 0.339 e. The number of hydrogen-bond acceptors (Lipinski definition) is 5. The van der Waals surface area contributed by atoms with Crippen molar-refractivity contribution in [3.05, 3.63) is 68.5 Å². The standard InChI is InChI=1S/C17H13BrO5S/c1-10-8-17(19)22-16-9-12(3-5-14(10)16)23-24(20,21)13-4-6-15(18)11(2)7-13/h3-9H,1-2H3. The number of aryl methyl sites for hydroxylation is 2. The predicted molar refractivity (Wildman–Crippen MR) is 93.9 cm³/mol. The van der Waals surface area contributed by atoms with E-state index in [0.29, 0.717) is 0 Å². The number of halogens is 1. The highest BCUT2D eigenvalue weighted by molar-refractivity contribution is 9.10. The van der Waals surface area contributed by atoms with Crippen LogP contribution < -0.4 is 9.81 Å². The van der Waals surface area contributed by atoms with Gasteiger partial charge >= 0.3 is 15.7 Å². The molecule has 1 aromatic heterocycles. The molecule has 3 aromatic rings. The van der Waals surface area contributed by atoms with Crippen molar-refractivity contribution in [3.8, 4) is 5.75 Å².